The van der Waals surface area contributed by atoms with E-state index in [1.807, 2.05) is 0 Å². The molecule has 2 atom stereocenters. The molecule has 2 nitrogen and oxygen atoms in total. The number of nitrogens with zero attached hydrogens (tertiary/aromatic N) is 1. The summed E-state index contributed by atoms with van der Waals surface area (Å²) in [5.74, 6) is -1.22. The molecule has 0 aromatic heterocycles. The maximum Gasteiger partial charge on any atom is 0.419 e. The van der Waals surface area contributed by atoms with Gasteiger partial charge < -0.3 is 10.2 Å². The largest absolute Gasteiger partial charge is 0.419 e. The van der Waals surface area contributed by atoms with E-state index in [2.05, 4.69) is 24.2 Å². The highest BCUT2D eigenvalue weighted by Gasteiger charge is 2.34. The van der Waals surface area contributed by atoms with Crippen LogP contribution in [0.2, 0.25) is 0 Å². The SMILES string of the molecule is C[C@@H]1C[C@H](NCc2ccc(F)c(C(F)(F)F)c2)CCN1C. The van der Waals surface area contributed by atoms with E-state index in [0.29, 0.717) is 18.2 Å². The molecule has 0 spiro atoms. The number of hydrogen-bond acceptors (Lipinski definition) is 2. The van der Waals surface area contributed by atoms with E-state index >= 15 is 0 Å². The molecule has 1 N–H and O–H groups in total. The third-order valence-electron chi connectivity index (χ3n) is 4.14. The number of halogens is 4. The normalized spacial score (nSPS) is 24.3. The van der Waals surface area contributed by atoms with Gasteiger partial charge in [0.05, 0.1) is 5.56 Å². The smallest absolute Gasteiger partial charge is 0.310 e. The highest BCUT2D eigenvalue weighted by Crippen LogP contribution is 2.31. The summed E-state index contributed by atoms with van der Waals surface area (Å²) in [6, 6.07) is 3.92. The van der Waals surface area contributed by atoms with Crippen molar-refractivity contribution in [2.24, 2.45) is 0 Å². The zero-order valence-corrected chi connectivity index (χ0v) is 12.2. The van der Waals surface area contributed by atoms with Crippen LogP contribution in [-0.4, -0.2) is 30.6 Å². The molecule has 0 radical (unpaired) electrons. The van der Waals surface area contributed by atoms with Gasteiger partial charge in [-0.15, -0.1) is 0 Å². The Labute approximate surface area is 122 Å². The van der Waals surface area contributed by atoms with Crippen LogP contribution in [0.15, 0.2) is 18.2 Å². The number of nitrogens with one attached hydrogen (secondary N) is 1. The summed E-state index contributed by atoms with van der Waals surface area (Å²) in [6.07, 6.45) is -2.72. The molecular weight excluding hydrogens is 284 g/mol. The molecule has 1 saturated heterocycles. The third kappa shape index (κ3) is 4.17. The molecule has 0 saturated carbocycles. The van der Waals surface area contributed by atoms with Crippen molar-refractivity contribution in [3.63, 3.8) is 0 Å². The Balaban J connectivity index is 1.98. The fraction of sp³-hybridized carbons (Fsp3) is 0.600. The van der Waals surface area contributed by atoms with Gasteiger partial charge in [0, 0.05) is 18.6 Å². The number of likely N-dealkylation sites (tertiary alicyclic amines) is 1. The molecule has 0 aliphatic carbocycles. The first kappa shape index (κ1) is 16.2. The Morgan fingerprint density at radius 1 is 1.33 bits per heavy atom. The first-order valence-corrected chi connectivity index (χ1v) is 7.06. The number of piperidine rings is 1. The van der Waals surface area contributed by atoms with Gasteiger partial charge in [0.1, 0.15) is 5.82 Å². The van der Waals surface area contributed by atoms with Gasteiger partial charge in [-0.25, -0.2) is 4.39 Å². The van der Waals surface area contributed by atoms with Crippen molar-refractivity contribution in [2.75, 3.05) is 13.6 Å². The number of rotatable bonds is 3. The van der Waals surface area contributed by atoms with Crippen molar-refractivity contribution < 1.29 is 17.6 Å². The molecule has 1 aromatic carbocycles. The predicted octanol–water partition coefficient (Wildman–Crippen LogP) is 3.42. The topological polar surface area (TPSA) is 15.3 Å². The van der Waals surface area contributed by atoms with Gasteiger partial charge in [-0.05, 0) is 51.1 Å². The van der Waals surface area contributed by atoms with Crippen LogP contribution in [0.3, 0.4) is 0 Å². The molecule has 0 bridgehead atoms. The fourth-order valence-corrected chi connectivity index (χ4v) is 2.64. The molecule has 2 rings (SSSR count). The second-order valence-electron chi connectivity index (χ2n) is 5.74. The van der Waals surface area contributed by atoms with Crippen molar-refractivity contribution in [3.8, 4) is 0 Å². The van der Waals surface area contributed by atoms with Crippen LogP contribution in [0.25, 0.3) is 0 Å². The van der Waals surface area contributed by atoms with Gasteiger partial charge in [0.25, 0.3) is 0 Å². The van der Waals surface area contributed by atoms with E-state index < -0.39 is 17.6 Å². The number of alkyl halides is 3. The summed E-state index contributed by atoms with van der Waals surface area (Å²) in [5.41, 5.74) is -0.742. The van der Waals surface area contributed by atoms with Crippen LogP contribution in [0.4, 0.5) is 17.6 Å². The Morgan fingerprint density at radius 3 is 2.67 bits per heavy atom. The first-order valence-electron chi connectivity index (χ1n) is 7.06. The van der Waals surface area contributed by atoms with Gasteiger partial charge in [-0.1, -0.05) is 6.07 Å². The molecule has 0 amide bonds. The van der Waals surface area contributed by atoms with Crippen molar-refractivity contribution >= 4 is 0 Å². The minimum absolute atomic E-state index is 0.288. The molecule has 1 aromatic rings. The summed E-state index contributed by atoms with van der Waals surface area (Å²) in [5, 5.41) is 3.27. The number of hydrogen-bond donors (Lipinski definition) is 1. The van der Waals surface area contributed by atoms with E-state index in [1.165, 1.54) is 6.07 Å². The Bertz CT molecular complexity index is 487. The monoisotopic (exact) mass is 304 g/mol. The predicted molar refractivity (Wildman–Crippen MR) is 73.4 cm³/mol. The molecule has 0 unspecified atom stereocenters. The summed E-state index contributed by atoms with van der Waals surface area (Å²) in [4.78, 5) is 2.26. The lowest BCUT2D eigenvalue weighted by atomic mass is 9.98. The molecule has 6 heteroatoms. The van der Waals surface area contributed by atoms with Gasteiger partial charge in [-0.2, -0.15) is 13.2 Å². The maximum absolute atomic E-state index is 13.2. The summed E-state index contributed by atoms with van der Waals surface area (Å²) in [6.45, 7) is 3.42. The van der Waals surface area contributed by atoms with Crippen LogP contribution in [0.1, 0.15) is 30.9 Å². The quantitative estimate of drug-likeness (QED) is 0.861. The zero-order chi connectivity index (χ0) is 15.6. The molecule has 21 heavy (non-hydrogen) atoms. The van der Waals surface area contributed by atoms with Crippen LogP contribution >= 0.6 is 0 Å². The lowest BCUT2D eigenvalue weighted by Gasteiger charge is -2.35. The minimum atomic E-state index is -4.65. The Hall–Kier alpha value is -1.14. The second kappa shape index (κ2) is 6.32. The second-order valence-corrected chi connectivity index (χ2v) is 5.74. The fourth-order valence-electron chi connectivity index (χ4n) is 2.64. The minimum Gasteiger partial charge on any atom is -0.310 e. The van der Waals surface area contributed by atoms with E-state index in [4.69, 9.17) is 0 Å². The molecule has 118 valence electrons. The molecule has 1 aliphatic heterocycles. The average molecular weight is 304 g/mol. The van der Waals surface area contributed by atoms with Crippen molar-refractivity contribution in [3.05, 3.63) is 35.1 Å². The molecule has 1 aliphatic rings. The number of benzene rings is 1. The van der Waals surface area contributed by atoms with Gasteiger partial charge in [0.2, 0.25) is 0 Å². The zero-order valence-electron chi connectivity index (χ0n) is 12.2. The lowest BCUT2D eigenvalue weighted by Crippen LogP contribution is -2.45. The van der Waals surface area contributed by atoms with Crippen molar-refractivity contribution in [2.45, 2.75) is 44.6 Å². The van der Waals surface area contributed by atoms with Gasteiger partial charge >= 0.3 is 6.18 Å². The van der Waals surface area contributed by atoms with E-state index in [-0.39, 0.29) is 6.04 Å². The van der Waals surface area contributed by atoms with Crippen LogP contribution < -0.4 is 5.32 Å². The van der Waals surface area contributed by atoms with Crippen molar-refractivity contribution in [1.82, 2.24) is 10.2 Å². The Kier molecular flexibility index (Phi) is 4.88. The Morgan fingerprint density at radius 2 is 2.05 bits per heavy atom. The maximum atomic E-state index is 13.2. The van der Waals surface area contributed by atoms with Gasteiger partial charge in [0.15, 0.2) is 0 Å². The summed E-state index contributed by atoms with van der Waals surface area (Å²) in [7, 11) is 2.07. The molecular formula is C15H20F4N2. The molecule has 1 heterocycles. The van der Waals surface area contributed by atoms with Crippen LogP contribution in [0.5, 0.6) is 0 Å². The first-order chi connectivity index (χ1) is 9.77. The highest BCUT2D eigenvalue weighted by molar-refractivity contribution is 5.27. The van der Waals surface area contributed by atoms with Crippen LogP contribution in [0, 0.1) is 5.82 Å². The molecule has 1 fully saturated rings. The van der Waals surface area contributed by atoms with Gasteiger partial charge in [-0.3, -0.25) is 0 Å². The van der Waals surface area contributed by atoms with E-state index in [1.54, 1.807) is 0 Å². The summed E-state index contributed by atoms with van der Waals surface area (Å²) >= 11 is 0. The highest BCUT2D eigenvalue weighted by atomic mass is 19.4. The average Bonchev–Trinajstić information content (AvgIpc) is 2.40. The van der Waals surface area contributed by atoms with E-state index in [9.17, 15) is 17.6 Å². The lowest BCUT2D eigenvalue weighted by molar-refractivity contribution is -0.140. The summed E-state index contributed by atoms with van der Waals surface area (Å²) < 4.78 is 51.2. The van der Waals surface area contributed by atoms with E-state index in [0.717, 1.165) is 31.5 Å². The standard InChI is InChI=1S/C15H20F4N2/c1-10-7-12(5-6-21(10)2)20-9-11-3-4-14(16)13(8-11)15(17,18)19/h3-4,8,10,12,20H,5-7,9H2,1-2H3/t10-,12-/m1/s1. The third-order valence-corrected chi connectivity index (χ3v) is 4.14. The van der Waals surface area contributed by atoms with Crippen LogP contribution in [-0.2, 0) is 12.7 Å². The van der Waals surface area contributed by atoms with Crippen molar-refractivity contribution in [1.29, 1.82) is 0 Å².